The lowest BCUT2D eigenvalue weighted by Crippen LogP contribution is -2.61. The molecule has 8 nitrogen and oxygen atoms in total. The highest BCUT2D eigenvalue weighted by atomic mass is 16.6. The largest absolute Gasteiger partial charge is 0.458 e. The zero-order valence-corrected chi connectivity index (χ0v) is 24.7. The Morgan fingerprint density at radius 2 is 1.49 bits per heavy atom. The second-order valence-corrected chi connectivity index (χ2v) is 13.2. The van der Waals surface area contributed by atoms with Crippen molar-refractivity contribution in [3.63, 3.8) is 0 Å². The molecule has 0 heterocycles. The number of Topliss-reactive ketones (excluding diaryl/α,β-unsaturated/α-hetero) is 1. The molecule has 226 valence electrons. The lowest BCUT2D eigenvalue weighted by molar-refractivity contribution is -0.206. The number of aliphatic hydroxyl groups is 3. The van der Waals surface area contributed by atoms with Gasteiger partial charge >= 0.3 is 11.9 Å². The van der Waals surface area contributed by atoms with Crippen molar-refractivity contribution in [2.45, 2.75) is 69.4 Å². The number of hydrogen-bond donors (Lipinski definition) is 3. The minimum atomic E-state index is -1.95. The first kappa shape index (κ1) is 29.5. The van der Waals surface area contributed by atoms with Gasteiger partial charge in [0.1, 0.15) is 11.7 Å². The molecule has 4 aliphatic rings. The fraction of sp³-hybridized carbons (Fsp3) is 0.457. The van der Waals surface area contributed by atoms with E-state index in [0.717, 1.165) is 11.1 Å². The minimum absolute atomic E-state index is 0.0154. The molecule has 2 saturated carbocycles. The van der Waals surface area contributed by atoms with E-state index in [2.05, 4.69) is 0 Å². The number of hydrogen-bond acceptors (Lipinski definition) is 8. The molecule has 7 atom stereocenters. The van der Waals surface area contributed by atoms with Crippen molar-refractivity contribution < 1.29 is 39.2 Å². The summed E-state index contributed by atoms with van der Waals surface area (Å²) in [6.07, 6.45) is 1.99. The SMILES string of the molecule is CC1=C[C@H]2[C@@]3(O)C[C@@H](OC(=O)Cc4ccccc4)[C@]4(OC(=O)Cc5ccccc5)[C@H]([C@@H]3C=C(CO)C[C@]2(O)C1=O)C4(C)C. The third-order valence-electron chi connectivity index (χ3n) is 10.4. The van der Waals surface area contributed by atoms with E-state index in [9.17, 15) is 29.7 Å². The Bertz CT molecular complexity index is 1510. The first-order valence-electron chi connectivity index (χ1n) is 14.8. The number of carbonyl (C=O) groups is 3. The quantitative estimate of drug-likeness (QED) is 0.333. The van der Waals surface area contributed by atoms with Crippen LogP contribution in [0.3, 0.4) is 0 Å². The van der Waals surface area contributed by atoms with E-state index in [0.29, 0.717) is 11.1 Å². The highest BCUT2D eigenvalue weighted by Crippen LogP contribution is 2.76. The van der Waals surface area contributed by atoms with Crippen LogP contribution < -0.4 is 0 Å². The molecule has 0 radical (unpaired) electrons. The van der Waals surface area contributed by atoms with Crippen LogP contribution in [0.15, 0.2) is 84.0 Å². The number of ketones is 1. The highest BCUT2D eigenvalue weighted by molar-refractivity contribution is 6.04. The average molecular weight is 587 g/mol. The van der Waals surface area contributed by atoms with Gasteiger partial charge in [0.15, 0.2) is 11.4 Å². The van der Waals surface area contributed by atoms with Gasteiger partial charge in [-0.3, -0.25) is 14.4 Å². The van der Waals surface area contributed by atoms with E-state index in [-0.39, 0.29) is 25.7 Å². The van der Waals surface area contributed by atoms with Crippen LogP contribution in [0.2, 0.25) is 0 Å². The Hall–Kier alpha value is -3.59. The topological polar surface area (TPSA) is 130 Å². The van der Waals surface area contributed by atoms with Gasteiger partial charge in [-0.15, -0.1) is 0 Å². The molecule has 2 aromatic carbocycles. The van der Waals surface area contributed by atoms with Crippen LogP contribution in [0.4, 0.5) is 0 Å². The maximum absolute atomic E-state index is 13.5. The molecule has 0 saturated heterocycles. The first-order valence-corrected chi connectivity index (χ1v) is 14.8. The van der Waals surface area contributed by atoms with Gasteiger partial charge in [-0.2, -0.15) is 0 Å². The monoisotopic (exact) mass is 586 g/mol. The van der Waals surface area contributed by atoms with Gasteiger partial charge in [-0.1, -0.05) is 86.7 Å². The third kappa shape index (κ3) is 4.50. The number of benzene rings is 2. The smallest absolute Gasteiger partial charge is 0.310 e. The number of aliphatic hydroxyl groups excluding tert-OH is 1. The Morgan fingerprint density at radius 1 is 0.907 bits per heavy atom. The molecule has 2 aromatic rings. The molecule has 0 bridgehead atoms. The molecule has 2 fully saturated rings. The van der Waals surface area contributed by atoms with E-state index in [4.69, 9.17) is 9.47 Å². The molecule has 0 spiro atoms. The second kappa shape index (κ2) is 10.3. The van der Waals surface area contributed by atoms with Crippen molar-refractivity contribution in [2.75, 3.05) is 6.61 Å². The van der Waals surface area contributed by atoms with E-state index in [1.807, 2.05) is 74.5 Å². The van der Waals surface area contributed by atoms with Gasteiger partial charge in [0.2, 0.25) is 0 Å². The molecule has 0 aromatic heterocycles. The molecule has 3 N–H and O–H groups in total. The van der Waals surface area contributed by atoms with Gasteiger partial charge in [0, 0.05) is 36.0 Å². The predicted molar refractivity (Wildman–Crippen MR) is 156 cm³/mol. The van der Waals surface area contributed by atoms with Crippen molar-refractivity contribution in [1.82, 2.24) is 0 Å². The molecular formula is C35H38O8. The van der Waals surface area contributed by atoms with Gasteiger partial charge in [0.05, 0.1) is 25.0 Å². The molecule has 0 aliphatic heterocycles. The predicted octanol–water partition coefficient (Wildman–Crippen LogP) is 3.27. The highest BCUT2D eigenvalue weighted by Gasteiger charge is 2.86. The van der Waals surface area contributed by atoms with E-state index < -0.39 is 70.4 Å². The summed E-state index contributed by atoms with van der Waals surface area (Å²) in [4.78, 5) is 40.2. The summed E-state index contributed by atoms with van der Waals surface area (Å²) in [5, 5.41) is 34.7. The summed E-state index contributed by atoms with van der Waals surface area (Å²) in [6.45, 7) is 5.03. The summed E-state index contributed by atoms with van der Waals surface area (Å²) >= 11 is 0. The van der Waals surface area contributed by atoms with Crippen molar-refractivity contribution in [3.05, 3.63) is 95.1 Å². The Balaban J connectivity index is 1.42. The maximum Gasteiger partial charge on any atom is 0.310 e. The summed E-state index contributed by atoms with van der Waals surface area (Å²) < 4.78 is 12.5. The molecular weight excluding hydrogens is 548 g/mol. The Labute approximate surface area is 251 Å². The standard InChI is InChI=1S/C35H38O8/c1-21-14-26-33(40)19-27(42-28(37)16-22-10-6-4-7-11-22)35(43-29(38)17-23-12-8-5-9-13-23)30(32(35,2)3)25(33)15-24(20-36)18-34(26,41)31(21)39/h4-15,25-27,30,36,40-41H,16-20H2,1-3H3/t25-,26-,27+,30+,33+,34+,35-/m0/s1. The maximum atomic E-state index is 13.5. The number of rotatable bonds is 7. The van der Waals surface area contributed by atoms with Gasteiger partial charge in [-0.25, -0.2) is 0 Å². The number of carbonyl (C=O) groups excluding carboxylic acids is 3. The van der Waals surface area contributed by atoms with Crippen molar-refractivity contribution in [3.8, 4) is 0 Å². The second-order valence-electron chi connectivity index (χ2n) is 13.2. The lowest BCUT2D eigenvalue weighted by atomic mass is 9.63. The summed E-state index contributed by atoms with van der Waals surface area (Å²) in [5.74, 6) is -3.76. The van der Waals surface area contributed by atoms with Crippen LogP contribution in [-0.2, 0) is 36.7 Å². The van der Waals surface area contributed by atoms with Crippen molar-refractivity contribution >= 4 is 17.7 Å². The molecule has 0 unspecified atom stereocenters. The van der Waals surface area contributed by atoms with Crippen LogP contribution in [0.25, 0.3) is 0 Å². The third-order valence-corrected chi connectivity index (χ3v) is 10.4. The lowest BCUT2D eigenvalue weighted by Gasteiger charge is -2.49. The summed E-state index contributed by atoms with van der Waals surface area (Å²) in [7, 11) is 0. The summed E-state index contributed by atoms with van der Waals surface area (Å²) in [5.41, 5.74) is -3.43. The van der Waals surface area contributed by atoms with Crippen LogP contribution >= 0.6 is 0 Å². The fourth-order valence-electron chi connectivity index (χ4n) is 8.38. The van der Waals surface area contributed by atoms with Crippen LogP contribution in [0.1, 0.15) is 44.7 Å². The minimum Gasteiger partial charge on any atom is -0.458 e. The number of ether oxygens (including phenoxy) is 2. The fourth-order valence-corrected chi connectivity index (χ4v) is 8.38. The van der Waals surface area contributed by atoms with E-state index >= 15 is 0 Å². The number of fused-ring (bicyclic) bond motifs is 5. The first-order chi connectivity index (χ1) is 20.4. The molecule has 8 heteroatoms. The van der Waals surface area contributed by atoms with Crippen molar-refractivity contribution in [2.24, 2.45) is 23.2 Å². The van der Waals surface area contributed by atoms with Crippen molar-refractivity contribution in [1.29, 1.82) is 0 Å². The van der Waals surface area contributed by atoms with Gasteiger partial charge < -0.3 is 24.8 Å². The average Bonchev–Trinajstić information content (AvgIpc) is 3.39. The normalized spacial score (nSPS) is 35.3. The Kier molecular flexibility index (Phi) is 7.03. The van der Waals surface area contributed by atoms with Crippen LogP contribution in [0.5, 0.6) is 0 Å². The van der Waals surface area contributed by atoms with E-state index in [1.165, 1.54) is 0 Å². The van der Waals surface area contributed by atoms with Gasteiger partial charge in [0.25, 0.3) is 0 Å². The Morgan fingerprint density at radius 3 is 2.07 bits per heavy atom. The molecule has 6 rings (SSSR count). The zero-order valence-electron chi connectivity index (χ0n) is 24.7. The molecule has 43 heavy (non-hydrogen) atoms. The molecule has 0 amide bonds. The molecule has 4 aliphatic carbocycles. The van der Waals surface area contributed by atoms with Crippen LogP contribution in [-0.4, -0.2) is 62.6 Å². The number of esters is 2. The summed E-state index contributed by atoms with van der Waals surface area (Å²) in [6, 6.07) is 18.3. The van der Waals surface area contributed by atoms with E-state index in [1.54, 1.807) is 19.1 Å². The van der Waals surface area contributed by atoms with Crippen LogP contribution in [0, 0.1) is 23.2 Å². The van der Waals surface area contributed by atoms with Gasteiger partial charge in [-0.05, 0) is 29.2 Å². The zero-order chi connectivity index (χ0) is 30.8.